The lowest BCUT2D eigenvalue weighted by molar-refractivity contribution is 0.206. The van der Waals surface area contributed by atoms with Crippen molar-refractivity contribution < 1.29 is 0 Å². The minimum absolute atomic E-state index is 0.688. The number of nitrogens with one attached hydrogen (secondary N) is 1. The van der Waals surface area contributed by atoms with Gasteiger partial charge in [-0.1, -0.05) is 26.7 Å². The Bertz CT molecular complexity index is 334. The summed E-state index contributed by atoms with van der Waals surface area (Å²) in [7, 11) is 0. The van der Waals surface area contributed by atoms with Crippen molar-refractivity contribution in [1.82, 2.24) is 10.3 Å². The van der Waals surface area contributed by atoms with E-state index in [1.807, 2.05) is 6.20 Å². The van der Waals surface area contributed by atoms with E-state index in [-0.39, 0.29) is 0 Å². The van der Waals surface area contributed by atoms with E-state index in [0.29, 0.717) is 6.04 Å². The summed E-state index contributed by atoms with van der Waals surface area (Å²) >= 11 is 1.80. The van der Waals surface area contributed by atoms with Crippen LogP contribution in [0.2, 0.25) is 0 Å². The molecule has 1 fully saturated rings. The van der Waals surface area contributed by atoms with Crippen molar-refractivity contribution in [3.63, 3.8) is 0 Å². The lowest BCUT2D eigenvalue weighted by Gasteiger charge is -2.34. The van der Waals surface area contributed by atoms with Gasteiger partial charge in [0, 0.05) is 23.7 Å². The Morgan fingerprint density at radius 1 is 1.44 bits per heavy atom. The maximum atomic E-state index is 4.40. The van der Waals surface area contributed by atoms with Gasteiger partial charge in [0.2, 0.25) is 0 Å². The number of hydrogen-bond acceptors (Lipinski definition) is 3. The molecule has 1 aliphatic rings. The Morgan fingerprint density at radius 3 is 2.94 bits per heavy atom. The summed E-state index contributed by atoms with van der Waals surface area (Å²) in [6.07, 6.45) is 6.07. The van der Waals surface area contributed by atoms with Crippen molar-refractivity contribution >= 4 is 11.3 Å². The second kappa shape index (κ2) is 5.28. The van der Waals surface area contributed by atoms with Gasteiger partial charge in [0.15, 0.2) is 0 Å². The second-order valence-corrected chi connectivity index (χ2v) is 6.44. The summed E-state index contributed by atoms with van der Waals surface area (Å²) in [5.74, 6) is 1.67. The van der Waals surface area contributed by atoms with E-state index in [0.717, 1.165) is 18.4 Å². The lowest BCUT2D eigenvalue weighted by Crippen LogP contribution is -2.40. The molecule has 1 saturated carbocycles. The molecule has 3 unspecified atom stereocenters. The van der Waals surface area contributed by atoms with E-state index in [2.05, 4.69) is 31.1 Å². The van der Waals surface area contributed by atoms with Gasteiger partial charge in [-0.2, -0.15) is 0 Å². The third-order valence-corrected chi connectivity index (χ3v) is 4.80. The van der Waals surface area contributed by atoms with Crippen LogP contribution in [0.4, 0.5) is 0 Å². The molecule has 1 aromatic rings. The molecule has 90 valence electrons. The van der Waals surface area contributed by atoms with Gasteiger partial charge < -0.3 is 5.32 Å². The summed E-state index contributed by atoms with van der Waals surface area (Å²) in [4.78, 5) is 5.71. The third kappa shape index (κ3) is 2.83. The molecule has 16 heavy (non-hydrogen) atoms. The van der Waals surface area contributed by atoms with E-state index in [1.54, 1.807) is 11.3 Å². The van der Waals surface area contributed by atoms with Crippen LogP contribution in [0, 0.1) is 18.8 Å². The van der Waals surface area contributed by atoms with Crippen molar-refractivity contribution in [2.45, 2.75) is 52.6 Å². The molecule has 3 atom stereocenters. The zero-order chi connectivity index (χ0) is 11.5. The highest BCUT2D eigenvalue weighted by Crippen LogP contribution is 2.29. The summed E-state index contributed by atoms with van der Waals surface area (Å²) in [6.45, 7) is 7.83. The second-order valence-electron chi connectivity index (χ2n) is 5.12. The maximum Gasteiger partial charge on any atom is 0.107 e. The average Bonchev–Trinajstić information content (AvgIpc) is 2.67. The van der Waals surface area contributed by atoms with Gasteiger partial charge in [0.05, 0.1) is 0 Å². The Kier molecular flexibility index (Phi) is 3.98. The average molecular weight is 238 g/mol. The summed E-state index contributed by atoms with van der Waals surface area (Å²) in [5, 5.41) is 4.90. The topological polar surface area (TPSA) is 24.9 Å². The van der Waals surface area contributed by atoms with Crippen molar-refractivity contribution in [2.75, 3.05) is 0 Å². The first kappa shape index (κ1) is 12.1. The first-order valence-electron chi connectivity index (χ1n) is 6.31. The fraction of sp³-hybridized carbons (Fsp3) is 0.769. The van der Waals surface area contributed by atoms with Crippen molar-refractivity contribution in [3.8, 4) is 0 Å². The number of hydrogen-bond donors (Lipinski definition) is 1. The highest BCUT2D eigenvalue weighted by Gasteiger charge is 2.26. The third-order valence-electron chi connectivity index (χ3n) is 3.89. The van der Waals surface area contributed by atoms with Crippen LogP contribution in [-0.2, 0) is 6.54 Å². The zero-order valence-electron chi connectivity index (χ0n) is 10.5. The Morgan fingerprint density at radius 2 is 2.25 bits per heavy atom. The fourth-order valence-electron chi connectivity index (χ4n) is 2.57. The van der Waals surface area contributed by atoms with Gasteiger partial charge in [-0.3, -0.25) is 0 Å². The maximum absolute atomic E-state index is 4.40. The molecule has 0 bridgehead atoms. The predicted molar refractivity (Wildman–Crippen MR) is 69.7 cm³/mol. The molecule has 1 heterocycles. The summed E-state index contributed by atoms with van der Waals surface area (Å²) in [5.41, 5.74) is 0. The van der Waals surface area contributed by atoms with Crippen LogP contribution in [0.15, 0.2) is 6.20 Å². The van der Waals surface area contributed by atoms with Crippen LogP contribution in [0.1, 0.15) is 43.0 Å². The number of rotatable bonds is 3. The Balaban J connectivity index is 1.85. The molecular formula is C13H22N2S. The first-order valence-corrected chi connectivity index (χ1v) is 7.13. The van der Waals surface area contributed by atoms with Crippen LogP contribution in [-0.4, -0.2) is 11.0 Å². The SMILES string of the molecule is Cc1cnc(CNC2CCCC(C)C2C)s1. The number of nitrogens with zero attached hydrogens (tertiary/aromatic N) is 1. The van der Waals surface area contributed by atoms with E-state index in [4.69, 9.17) is 0 Å². The molecular weight excluding hydrogens is 216 g/mol. The van der Waals surface area contributed by atoms with Gasteiger partial charge in [0.1, 0.15) is 5.01 Å². The zero-order valence-corrected chi connectivity index (χ0v) is 11.3. The van der Waals surface area contributed by atoms with Crippen LogP contribution in [0.5, 0.6) is 0 Å². The highest BCUT2D eigenvalue weighted by atomic mass is 32.1. The van der Waals surface area contributed by atoms with E-state index in [9.17, 15) is 0 Å². The molecule has 2 nitrogen and oxygen atoms in total. The molecule has 1 aromatic heterocycles. The predicted octanol–water partition coefficient (Wildman–Crippen LogP) is 3.37. The largest absolute Gasteiger partial charge is 0.307 e. The first-order chi connectivity index (χ1) is 7.66. The van der Waals surface area contributed by atoms with Gasteiger partial charge in [-0.05, 0) is 25.2 Å². The molecule has 0 spiro atoms. The molecule has 0 radical (unpaired) electrons. The fourth-order valence-corrected chi connectivity index (χ4v) is 3.31. The van der Waals surface area contributed by atoms with Crippen molar-refractivity contribution in [1.29, 1.82) is 0 Å². The molecule has 2 rings (SSSR count). The monoisotopic (exact) mass is 238 g/mol. The smallest absolute Gasteiger partial charge is 0.107 e. The van der Waals surface area contributed by atoms with Gasteiger partial charge >= 0.3 is 0 Å². The molecule has 3 heteroatoms. The number of thiazole rings is 1. The van der Waals surface area contributed by atoms with E-state index < -0.39 is 0 Å². The summed E-state index contributed by atoms with van der Waals surface area (Å²) < 4.78 is 0. The normalized spacial score (nSPS) is 30.6. The van der Waals surface area contributed by atoms with Crippen LogP contribution >= 0.6 is 11.3 Å². The number of aromatic nitrogens is 1. The highest BCUT2D eigenvalue weighted by molar-refractivity contribution is 7.11. The van der Waals surface area contributed by atoms with Crippen LogP contribution in [0.25, 0.3) is 0 Å². The molecule has 0 aliphatic heterocycles. The summed E-state index contributed by atoms with van der Waals surface area (Å²) in [6, 6.07) is 0.688. The van der Waals surface area contributed by atoms with E-state index in [1.165, 1.54) is 29.1 Å². The molecule has 0 amide bonds. The van der Waals surface area contributed by atoms with Crippen LogP contribution < -0.4 is 5.32 Å². The van der Waals surface area contributed by atoms with Crippen LogP contribution in [0.3, 0.4) is 0 Å². The lowest BCUT2D eigenvalue weighted by atomic mass is 9.78. The Labute approximate surface area is 102 Å². The molecule has 1 N–H and O–H groups in total. The van der Waals surface area contributed by atoms with Gasteiger partial charge in [0.25, 0.3) is 0 Å². The van der Waals surface area contributed by atoms with Gasteiger partial charge in [-0.15, -0.1) is 11.3 Å². The molecule has 1 aliphatic carbocycles. The van der Waals surface area contributed by atoms with E-state index >= 15 is 0 Å². The molecule has 0 aromatic carbocycles. The standard InChI is InChI=1S/C13H22N2S/c1-9-5-4-6-12(11(9)3)14-8-13-15-7-10(2)16-13/h7,9,11-12,14H,4-6,8H2,1-3H3. The minimum atomic E-state index is 0.688. The molecule has 0 saturated heterocycles. The van der Waals surface area contributed by atoms with Crippen molar-refractivity contribution in [3.05, 3.63) is 16.1 Å². The van der Waals surface area contributed by atoms with Gasteiger partial charge in [-0.25, -0.2) is 4.98 Å². The minimum Gasteiger partial charge on any atom is -0.307 e. The van der Waals surface area contributed by atoms with Crippen molar-refractivity contribution in [2.24, 2.45) is 11.8 Å². The number of aryl methyl sites for hydroxylation is 1. The quantitative estimate of drug-likeness (QED) is 0.873. The Hall–Kier alpha value is -0.410.